The molecular formula is C12H24O7. The van der Waals surface area contributed by atoms with E-state index in [1.807, 2.05) is 0 Å². The van der Waals surface area contributed by atoms with E-state index in [0.29, 0.717) is 26.1 Å². The van der Waals surface area contributed by atoms with Crippen LogP contribution in [0, 0.1) is 0 Å². The third-order valence-electron chi connectivity index (χ3n) is 2.87. The summed E-state index contributed by atoms with van der Waals surface area (Å²) in [6.07, 6.45) is -2.56. The van der Waals surface area contributed by atoms with Crippen molar-refractivity contribution in [3.05, 3.63) is 0 Å². The molecule has 2 heterocycles. The standard InChI is InChI=1S/C9H16O5.C3H8O2/c10-7(1-5-3-13-5)9(12)8(11)2-6-4-14-6;1-3(5)2-4/h5-12H,1-4H2;3-5H,2H2,1H3. The van der Waals surface area contributed by atoms with Crippen LogP contribution in [0.5, 0.6) is 0 Å². The number of epoxide rings is 2. The quantitative estimate of drug-likeness (QED) is 0.342. The maximum Gasteiger partial charge on any atom is 0.106 e. The Morgan fingerprint density at radius 3 is 1.47 bits per heavy atom. The van der Waals surface area contributed by atoms with E-state index in [0.717, 1.165) is 0 Å². The van der Waals surface area contributed by atoms with Crippen molar-refractivity contribution in [2.24, 2.45) is 0 Å². The lowest BCUT2D eigenvalue weighted by molar-refractivity contribution is -0.0676. The summed E-state index contributed by atoms with van der Waals surface area (Å²) in [5.74, 6) is 0. The van der Waals surface area contributed by atoms with Crippen molar-refractivity contribution >= 4 is 0 Å². The molecule has 0 radical (unpaired) electrons. The summed E-state index contributed by atoms with van der Waals surface area (Å²) < 4.78 is 9.85. The summed E-state index contributed by atoms with van der Waals surface area (Å²) in [6, 6.07) is 0. The van der Waals surface area contributed by atoms with Gasteiger partial charge >= 0.3 is 0 Å². The zero-order valence-electron chi connectivity index (χ0n) is 11.1. The van der Waals surface area contributed by atoms with Crippen molar-refractivity contribution in [1.29, 1.82) is 0 Å². The number of aliphatic hydroxyl groups excluding tert-OH is 5. The number of hydrogen-bond acceptors (Lipinski definition) is 7. The van der Waals surface area contributed by atoms with Crippen molar-refractivity contribution in [3.63, 3.8) is 0 Å². The average Bonchev–Trinajstić information content (AvgIpc) is 3.24. The summed E-state index contributed by atoms with van der Waals surface area (Å²) in [5, 5.41) is 44.5. The second-order valence-electron chi connectivity index (χ2n) is 5.04. The lowest BCUT2D eigenvalue weighted by Gasteiger charge is -2.21. The predicted molar refractivity (Wildman–Crippen MR) is 65.5 cm³/mol. The highest BCUT2D eigenvalue weighted by atomic mass is 16.6. The molecule has 19 heavy (non-hydrogen) atoms. The van der Waals surface area contributed by atoms with E-state index >= 15 is 0 Å². The normalized spacial score (nSPS) is 30.6. The minimum absolute atomic E-state index is 0.0593. The fraction of sp³-hybridized carbons (Fsp3) is 1.00. The first-order valence-corrected chi connectivity index (χ1v) is 6.50. The Hall–Kier alpha value is -0.280. The van der Waals surface area contributed by atoms with E-state index in [1.54, 1.807) is 0 Å². The molecular weight excluding hydrogens is 256 g/mol. The van der Waals surface area contributed by atoms with Crippen molar-refractivity contribution in [2.45, 2.75) is 56.4 Å². The Morgan fingerprint density at radius 1 is 0.947 bits per heavy atom. The van der Waals surface area contributed by atoms with Gasteiger partial charge in [0.2, 0.25) is 0 Å². The van der Waals surface area contributed by atoms with Gasteiger partial charge in [-0.3, -0.25) is 0 Å². The molecule has 5 atom stereocenters. The zero-order chi connectivity index (χ0) is 14.4. The SMILES string of the molecule is CC(O)CO.OC(CC1CO1)C(O)C(O)CC1CO1. The van der Waals surface area contributed by atoms with E-state index in [2.05, 4.69) is 0 Å². The minimum atomic E-state index is -1.09. The molecule has 2 saturated heterocycles. The molecule has 0 aromatic carbocycles. The molecule has 5 N–H and O–H groups in total. The Balaban J connectivity index is 0.000000312. The molecule has 7 nitrogen and oxygen atoms in total. The topological polar surface area (TPSA) is 126 Å². The van der Waals surface area contributed by atoms with Gasteiger partial charge in [-0.2, -0.15) is 0 Å². The van der Waals surface area contributed by atoms with Gasteiger partial charge in [0.15, 0.2) is 0 Å². The van der Waals surface area contributed by atoms with Crippen LogP contribution in [0.25, 0.3) is 0 Å². The van der Waals surface area contributed by atoms with Gasteiger partial charge in [-0.05, 0) is 6.92 Å². The molecule has 0 bridgehead atoms. The minimum Gasteiger partial charge on any atom is -0.394 e. The van der Waals surface area contributed by atoms with Gasteiger partial charge in [0.25, 0.3) is 0 Å². The molecule has 0 spiro atoms. The van der Waals surface area contributed by atoms with Crippen LogP contribution >= 0.6 is 0 Å². The first-order valence-electron chi connectivity index (χ1n) is 6.50. The summed E-state index contributed by atoms with van der Waals surface area (Å²) in [6.45, 7) is 2.68. The molecule has 7 heteroatoms. The highest BCUT2D eigenvalue weighted by Crippen LogP contribution is 2.22. The van der Waals surface area contributed by atoms with Crippen molar-refractivity contribution in [1.82, 2.24) is 0 Å². The molecule has 0 saturated carbocycles. The molecule has 2 aliphatic rings. The molecule has 5 unspecified atom stereocenters. The third-order valence-corrected chi connectivity index (χ3v) is 2.87. The van der Waals surface area contributed by atoms with Gasteiger partial charge in [-0.25, -0.2) is 0 Å². The fourth-order valence-corrected chi connectivity index (χ4v) is 1.48. The Kier molecular flexibility index (Phi) is 7.16. The molecule has 0 aromatic rings. The van der Waals surface area contributed by atoms with E-state index in [9.17, 15) is 15.3 Å². The number of hydrogen-bond donors (Lipinski definition) is 5. The Labute approximate surface area is 112 Å². The van der Waals surface area contributed by atoms with Crippen LogP contribution in [0.15, 0.2) is 0 Å². The highest BCUT2D eigenvalue weighted by molar-refractivity contribution is 4.84. The summed E-state index contributed by atoms with van der Waals surface area (Å²) in [5.41, 5.74) is 0. The zero-order valence-corrected chi connectivity index (χ0v) is 11.1. The van der Waals surface area contributed by atoms with E-state index in [4.69, 9.17) is 19.7 Å². The second kappa shape index (κ2) is 8.11. The molecule has 2 aliphatic heterocycles. The van der Waals surface area contributed by atoms with Crippen molar-refractivity contribution in [3.8, 4) is 0 Å². The van der Waals surface area contributed by atoms with Crippen LogP contribution in [-0.4, -0.2) is 82.0 Å². The van der Waals surface area contributed by atoms with Crippen LogP contribution in [0.4, 0.5) is 0 Å². The Bertz CT molecular complexity index is 220. The maximum absolute atomic E-state index is 9.53. The van der Waals surface area contributed by atoms with E-state index < -0.39 is 24.4 Å². The second-order valence-corrected chi connectivity index (χ2v) is 5.04. The molecule has 0 aromatic heterocycles. The van der Waals surface area contributed by atoms with Gasteiger partial charge in [-0.15, -0.1) is 0 Å². The van der Waals surface area contributed by atoms with Crippen LogP contribution < -0.4 is 0 Å². The molecule has 2 fully saturated rings. The lowest BCUT2D eigenvalue weighted by Crippen LogP contribution is -2.38. The number of ether oxygens (including phenoxy) is 2. The highest BCUT2D eigenvalue weighted by Gasteiger charge is 2.35. The van der Waals surface area contributed by atoms with Gasteiger partial charge in [0.05, 0.1) is 50.3 Å². The van der Waals surface area contributed by atoms with Gasteiger partial charge < -0.3 is 35.0 Å². The lowest BCUT2D eigenvalue weighted by atomic mass is 10.0. The van der Waals surface area contributed by atoms with E-state index in [1.165, 1.54) is 6.92 Å². The summed E-state index contributed by atoms with van der Waals surface area (Å²) in [7, 11) is 0. The maximum atomic E-state index is 9.53. The fourth-order valence-electron chi connectivity index (χ4n) is 1.48. The molecule has 0 aliphatic carbocycles. The predicted octanol–water partition coefficient (Wildman–Crippen LogP) is -1.99. The monoisotopic (exact) mass is 280 g/mol. The molecule has 0 amide bonds. The first kappa shape index (κ1) is 16.8. The average molecular weight is 280 g/mol. The van der Waals surface area contributed by atoms with Crippen LogP contribution in [0.3, 0.4) is 0 Å². The molecule has 114 valence electrons. The van der Waals surface area contributed by atoms with Gasteiger partial charge in [0, 0.05) is 12.8 Å². The van der Waals surface area contributed by atoms with Crippen LogP contribution in [0.1, 0.15) is 19.8 Å². The van der Waals surface area contributed by atoms with E-state index in [-0.39, 0.29) is 18.8 Å². The smallest absolute Gasteiger partial charge is 0.106 e. The summed E-state index contributed by atoms with van der Waals surface area (Å²) >= 11 is 0. The van der Waals surface area contributed by atoms with Crippen molar-refractivity contribution < 1.29 is 35.0 Å². The first-order chi connectivity index (χ1) is 8.93. The van der Waals surface area contributed by atoms with Crippen molar-refractivity contribution in [2.75, 3.05) is 19.8 Å². The number of aliphatic hydroxyl groups is 5. The molecule has 2 rings (SSSR count). The van der Waals surface area contributed by atoms with Crippen LogP contribution in [0.2, 0.25) is 0 Å². The van der Waals surface area contributed by atoms with Crippen LogP contribution in [-0.2, 0) is 9.47 Å². The van der Waals surface area contributed by atoms with Gasteiger partial charge in [0.1, 0.15) is 6.10 Å². The largest absolute Gasteiger partial charge is 0.394 e. The third kappa shape index (κ3) is 7.78. The van der Waals surface area contributed by atoms with Gasteiger partial charge in [-0.1, -0.05) is 0 Å². The summed E-state index contributed by atoms with van der Waals surface area (Å²) in [4.78, 5) is 0. The Morgan fingerprint density at radius 2 is 1.26 bits per heavy atom. The number of rotatable bonds is 7.